The van der Waals surface area contributed by atoms with E-state index < -0.39 is 11.6 Å². The van der Waals surface area contributed by atoms with E-state index in [2.05, 4.69) is 4.98 Å². The number of benzene rings is 1. The molecule has 0 spiro atoms. The Hall–Kier alpha value is -0.300. The number of aromatic nitrogens is 1. The smallest absolute Gasteiger partial charge is 0.178 e. The Kier molecular flexibility index (Phi) is 1.99. The first-order valence-electron chi connectivity index (χ1n) is 3.08. The Labute approximate surface area is 84.6 Å². The number of halogens is 3. The minimum Gasteiger partial charge on any atom is -0.230 e. The zero-order valence-electron chi connectivity index (χ0n) is 5.64. The summed E-state index contributed by atoms with van der Waals surface area (Å²) in [6.45, 7) is 0. The lowest BCUT2D eigenvalue weighted by atomic mass is 10.3. The zero-order valence-corrected chi connectivity index (χ0v) is 8.62. The molecule has 1 aromatic heterocycles. The highest BCUT2D eigenvalue weighted by atomic mass is 127. The number of thiazole rings is 1. The van der Waals surface area contributed by atoms with E-state index in [-0.39, 0.29) is 0 Å². The van der Waals surface area contributed by atoms with Crippen LogP contribution in [-0.4, -0.2) is 4.98 Å². The largest absolute Gasteiger partial charge is 0.230 e. The molecule has 0 atom stereocenters. The van der Waals surface area contributed by atoms with Gasteiger partial charge in [0.25, 0.3) is 0 Å². The Morgan fingerprint density at radius 1 is 1.33 bits per heavy atom. The first-order chi connectivity index (χ1) is 5.68. The predicted octanol–water partition coefficient (Wildman–Crippen LogP) is 3.18. The second-order valence-electron chi connectivity index (χ2n) is 2.18. The minimum atomic E-state index is -0.817. The van der Waals surface area contributed by atoms with Gasteiger partial charge in [-0.15, -0.1) is 11.3 Å². The van der Waals surface area contributed by atoms with Crippen LogP contribution < -0.4 is 0 Å². The third kappa shape index (κ3) is 1.20. The molecule has 1 aromatic carbocycles. The average molecular weight is 297 g/mol. The van der Waals surface area contributed by atoms with Gasteiger partial charge in [0, 0.05) is 0 Å². The Morgan fingerprint density at radius 2 is 2.08 bits per heavy atom. The van der Waals surface area contributed by atoms with E-state index >= 15 is 0 Å². The Morgan fingerprint density at radius 3 is 2.83 bits per heavy atom. The van der Waals surface area contributed by atoms with Crippen molar-refractivity contribution in [3.63, 3.8) is 0 Å². The van der Waals surface area contributed by atoms with Crippen LogP contribution in [0.1, 0.15) is 0 Å². The summed E-state index contributed by atoms with van der Waals surface area (Å²) >= 11 is 3.13. The van der Waals surface area contributed by atoms with Crippen LogP contribution in [0.5, 0.6) is 0 Å². The molecule has 1 nitrogen and oxygen atoms in total. The summed E-state index contributed by atoms with van der Waals surface area (Å²) in [5.74, 6) is -1.62. The molecule has 2 rings (SSSR count). The maximum atomic E-state index is 13.0. The number of rotatable bonds is 0. The van der Waals surface area contributed by atoms with Crippen molar-refractivity contribution in [3.8, 4) is 0 Å². The summed E-state index contributed by atoms with van der Waals surface area (Å²) in [6.07, 6.45) is 0. The molecule has 0 saturated heterocycles. The summed E-state index contributed by atoms with van der Waals surface area (Å²) in [6, 6.07) is 2.57. The van der Waals surface area contributed by atoms with Crippen molar-refractivity contribution in [3.05, 3.63) is 26.8 Å². The molecule has 0 aliphatic carbocycles. The van der Waals surface area contributed by atoms with Gasteiger partial charge in [0.1, 0.15) is 0 Å². The van der Waals surface area contributed by atoms with E-state index in [0.717, 1.165) is 17.4 Å². The summed E-state index contributed by atoms with van der Waals surface area (Å²) < 4.78 is 26.7. The number of hydrogen-bond donors (Lipinski definition) is 0. The monoisotopic (exact) mass is 297 g/mol. The molecule has 0 aliphatic rings. The maximum Gasteiger partial charge on any atom is 0.178 e. The lowest BCUT2D eigenvalue weighted by Crippen LogP contribution is -1.81. The number of nitrogens with zero attached hydrogens (tertiary/aromatic N) is 1. The highest BCUT2D eigenvalue weighted by Crippen LogP contribution is 2.26. The van der Waals surface area contributed by atoms with Gasteiger partial charge in [-0.05, 0) is 34.7 Å². The van der Waals surface area contributed by atoms with Crippen molar-refractivity contribution in [2.24, 2.45) is 0 Å². The third-order valence-electron chi connectivity index (χ3n) is 1.42. The van der Waals surface area contributed by atoms with Gasteiger partial charge in [-0.2, -0.15) is 0 Å². The van der Waals surface area contributed by atoms with Gasteiger partial charge in [0.05, 0.1) is 10.2 Å². The van der Waals surface area contributed by atoms with E-state index in [9.17, 15) is 8.78 Å². The molecular weight excluding hydrogens is 295 g/mol. The fourth-order valence-corrected chi connectivity index (χ4v) is 2.55. The topological polar surface area (TPSA) is 12.9 Å². The van der Waals surface area contributed by atoms with Crippen molar-refractivity contribution in [2.75, 3.05) is 0 Å². The fourth-order valence-electron chi connectivity index (χ4n) is 0.909. The van der Waals surface area contributed by atoms with Crippen LogP contribution >= 0.6 is 33.9 Å². The predicted molar refractivity (Wildman–Crippen MR) is 52.3 cm³/mol. The van der Waals surface area contributed by atoms with Gasteiger partial charge in [-0.1, -0.05) is 0 Å². The Bertz CT molecular complexity index is 440. The molecular formula is C7H2F2INS. The first-order valence-corrected chi connectivity index (χ1v) is 4.98. The van der Waals surface area contributed by atoms with Crippen LogP contribution in [0.15, 0.2) is 12.1 Å². The molecule has 5 heteroatoms. The van der Waals surface area contributed by atoms with E-state index in [1.54, 1.807) is 0 Å². The molecule has 1 heterocycles. The zero-order chi connectivity index (χ0) is 8.72. The van der Waals surface area contributed by atoms with Crippen LogP contribution in [0, 0.1) is 14.6 Å². The van der Waals surface area contributed by atoms with Crippen molar-refractivity contribution in [1.82, 2.24) is 4.98 Å². The normalized spacial score (nSPS) is 10.9. The standard InChI is InChI=1S/C7H2F2INS/c8-3-1-2-4-6(5(3)9)12-7(10)11-4/h1-2H. The van der Waals surface area contributed by atoms with E-state index in [4.69, 9.17) is 0 Å². The molecule has 2 aromatic rings. The molecule has 0 N–H and O–H groups in total. The summed E-state index contributed by atoms with van der Waals surface area (Å²) in [5.41, 5.74) is 0.517. The van der Waals surface area contributed by atoms with Gasteiger partial charge in [0.15, 0.2) is 14.6 Å². The lowest BCUT2D eigenvalue weighted by molar-refractivity contribution is 0.518. The maximum absolute atomic E-state index is 13.0. The van der Waals surface area contributed by atoms with Crippen LogP contribution in [0.25, 0.3) is 10.2 Å². The second-order valence-corrected chi connectivity index (χ2v) is 4.93. The highest BCUT2D eigenvalue weighted by Gasteiger charge is 2.10. The molecule has 62 valence electrons. The molecule has 0 saturated carbocycles. The van der Waals surface area contributed by atoms with E-state index in [1.165, 1.54) is 6.07 Å². The van der Waals surface area contributed by atoms with E-state index in [0.29, 0.717) is 13.2 Å². The quantitative estimate of drug-likeness (QED) is 0.681. The van der Waals surface area contributed by atoms with Gasteiger partial charge >= 0.3 is 0 Å². The third-order valence-corrected chi connectivity index (χ3v) is 3.18. The van der Waals surface area contributed by atoms with Crippen LogP contribution in [-0.2, 0) is 0 Å². The average Bonchev–Trinajstić information content (AvgIpc) is 2.39. The highest BCUT2D eigenvalue weighted by molar-refractivity contribution is 14.1. The van der Waals surface area contributed by atoms with Gasteiger partial charge in [-0.3, -0.25) is 0 Å². The summed E-state index contributed by atoms with van der Waals surface area (Å²) in [4.78, 5) is 4.01. The molecule has 0 unspecified atom stereocenters. The molecule has 0 radical (unpaired) electrons. The fraction of sp³-hybridized carbons (Fsp3) is 0. The SMILES string of the molecule is Fc1ccc2nc(I)sc2c1F. The van der Waals surface area contributed by atoms with Crippen molar-refractivity contribution in [2.45, 2.75) is 0 Å². The molecule has 0 bridgehead atoms. The lowest BCUT2D eigenvalue weighted by Gasteiger charge is -1.90. The van der Waals surface area contributed by atoms with Crippen LogP contribution in [0.2, 0.25) is 0 Å². The van der Waals surface area contributed by atoms with Gasteiger partial charge in [0.2, 0.25) is 0 Å². The molecule has 12 heavy (non-hydrogen) atoms. The van der Waals surface area contributed by atoms with Gasteiger partial charge < -0.3 is 0 Å². The van der Waals surface area contributed by atoms with Crippen molar-refractivity contribution in [1.29, 1.82) is 0 Å². The number of hydrogen-bond acceptors (Lipinski definition) is 2. The van der Waals surface area contributed by atoms with Crippen LogP contribution in [0.3, 0.4) is 0 Å². The second kappa shape index (κ2) is 2.88. The van der Waals surface area contributed by atoms with Crippen molar-refractivity contribution < 1.29 is 8.78 Å². The minimum absolute atomic E-state index is 0.291. The van der Waals surface area contributed by atoms with Gasteiger partial charge in [-0.25, -0.2) is 13.8 Å². The molecule has 0 aliphatic heterocycles. The van der Waals surface area contributed by atoms with Crippen molar-refractivity contribution >= 4 is 44.1 Å². The number of fused-ring (bicyclic) bond motifs is 1. The molecule has 0 amide bonds. The van der Waals surface area contributed by atoms with E-state index in [1.807, 2.05) is 22.6 Å². The van der Waals surface area contributed by atoms with Crippen LogP contribution in [0.4, 0.5) is 8.78 Å². The summed E-state index contributed by atoms with van der Waals surface area (Å²) in [7, 11) is 0. The summed E-state index contributed by atoms with van der Waals surface area (Å²) in [5, 5.41) is 0. The Balaban J connectivity index is 2.89. The first kappa shape index (κ1) is 8.31. The molecule has 0 fully saturated rings.